The summed E-state index contributed by atoms with van der Waals surface area (Å²) in [5.74, 6) is 1.48. The zero-order valence-corrected chi connectivity index (χ0v) is 19.1. The van der Waals surface area contributed by atoms with E-state index in [4.69, 9.17) is 25.8 Å². The highest BCUT2D eigenvalue weighted by Gasteiger charge is 2.14. The van der Waals surface area contributed by atoms with Gasteiger partial charge in [-0.15, -0.1) is 12.4 Å². The van der Waals surface area contributed by atoms with Crippen LogP contribution in [0.3, 0.4) is 0 Å². The molecule has 4 nitrogen and oxygen atoms in total. The van der Waals surface area contributed by atoms with E-state index in [1.54, 1.807) is 25.3 Å². The molecule has 0 bridgehead atoms. The van der Waals surface area contributed by atoms with E-state index in [9.17, 15) is 4.39 Å². The smallest absolute Gasteiger partial charge is 0.180 e. The molecule has 166 valence electrons. The molecule has 0 aliphatic heterocycles. The Balaban J connectivity index is 0.00000341. The van der Waals surface area contributed by atoms with Crippen LogP contribution < -0.4 is 19.5 Å². The van der Waals surface area contributed by atoms with Crippen molar-refractivity contribution in [3.05, 3.63) is 88.2 Å². The molecule has 0 unspecified atom stereocenters. The van der Waals surface area contributed by atoms with E-state index in [1.165, 1.54) is 6.07 Å². The fraction of sp³-hybridized carbons (Fsp3) is 0.250. The highest BCUT2D eigenvalue weighted by Crippen LogP contribution is 2.37. The van der Waals surface area contributed by atoms with Crippen molar-refractivity contribution in [2.75, 3.05) is 13.7 Å². The van der Waals surface area contributed by atoms with Crippen molar-refractivity contribution in [3.8, 4) is 17.2 Å². The first-order chi connectivity index (χ1) is 14.6. The Kier molecular flexibility index (Phi) is 9.92. The summed E-state index contributed by atoms with van der Waals surface area (Å²) < 4.78 is 30.8. The van der Waals surface area contributed by atoms with E-state index >= 15 is 0 Å². The predicted octanol–water partition coefficient (Wildman–Crippen LogP) is 6.18. The molecule has 3 aromatic carbocycles. The van der Waals surface area contributed by atoms with Crippen LogP contribution in [0.25, 0.3) is 0 Å². The maximum atomic E-state index is 13.9. The van der Waals surface area contributed by atoms with Crippen LogP contribution in [0.15, 0.2) is 60.7 Å². The summed E-state index contributed by atoms with van der Waals surface area (Å²) in [5.41, 5.74) is 2.48. The quantitative estimate of drug-likeness (QED) is 0.388. The fourth-order valence-electron chi connectivity index (χ4n) is 3.08. The van der Waals surface area contributed by atoms with Gasteiger partial charge in [0.15, 0.2) is 11.5 Å². The lowest BCUT2D eigenvalue weighted by molar-refractivity contribution is 0.266. The Hall–Kier alpha value is -2.47. The van der Waals surface area contributed by atoms with Gasteiger partial charge in [0.2, 0.25) is 0 Å². The molecule has 0 amide bonds. The number of benzene rings is 3. The van der Waals surface area contributed by atoms with Gasteiger partial charge in [-0.1, -0.05) is 48.0 Å². The van der Waals surface area contributed by atoms with Crippen LogP contribution in [-0.4, -0.2) is 13.7 Å². The molecular formula is C24H26Cl2FNO3. The average molecular weight is 466 g/mol. The number of rotatable bonds is 10. The first-order valence-electron chi connectivity index (χ1n) is 9.76. The maximum absolute atomic E-state index is 13.9. The van der Waals surface area contributed by atoms with Gasteiger partial charge in [-0.3, -0.25) is 0 Å². The van der Waals surface area contributed by atoms with E-state index in [-0.39, 0.29) is 24.8 Å². The second-order valence-corrected chi connectivity index (χ2v) is 7.04. The summed E-state index contributed by atoms with van der Waals surface area (Å²) in [6, 6.07) is 18.1. The van der Waals surface area contributed by atoms with Gasteiger partial charge >= 0.3 is 0 Å². The largest absolute Gasteiger partial charge is 0.496 e. The third-order valence-electron chi connectivity index (χ3n) is 4.54. The molecule has 0 fully saturated rings. The first-order valence-corrected chi connectivity index (χ1v) is 10.1. The van der Waals surface area contributed by atoms with Gasteiger partial charge in [-0.25, -0.2) is 4.39 Å². The van der Waals surface area contributed by atoms with Crippen LogP contribution in [-0.2, 0) is 19.7 Å². The molecule has 3 aromatic rings. The number of methoxy groups -OCH3 is 1. The zero-order valence-electron chi connectivity index (χ0n) is 17.5. The van der Waals surface area contributed by atoms with Crippen LogP contribution in [0, 0.1) is 5.82 Å². The number of halogens is 3. The molecule has 0 aliphatic carbocycles. The van der Waals surface area contributed by atoms with Crippen molar-refractivity contribution in [3.63, 3.8) is 0 Å². The molecule has 0 aromatic heterocycles. The molecule has 0 spiro atoms. The molecular weight excluding hydrogens is 440 g/mol. The lowest BCUT2D eigenvalue weighted by atomic mass is 10.1. The minimum atomic E-state index is -0.316. The Morgan fingerprint density at radius 3 is 2.32 bits per heavy atom. The molecule has 0 saturated heterocycles. The molecule has 0 heterocycles. The van der Waals surface area contributed by atoms with Gasteiger partial charge in [0.05, 0.1) is 18.7 Å². The van der Waals surface area contributed by atoms with Crippen molar-refractivity contribution in [2.24, 2.45) is 0 Å². The third kappa shape index (κ3) is 6.76. The molecule has 31 heavy (non-hydrogen) atoms. The molecule has 7 heteroatoms. The molecule has 0 aliphatic rings. The molecule has 0 atom stereocenters. The Labute approximate surface area is 193 Å². The highest BCUT2D eigenvalue weighted by molar-refractivity contribution is 6.32. The van der Waals surface area contributed by atoms with Crippen LogP contribution in [0.5, 0.6) is 17.2 Å². The van der Waals surface area contributed by atoms with E-state index in [1.807, 2.05) is 43.3 Å². The van der Waals surface area contributed by atoms with E-state index in [0.717, 1.165) is 16.9 Å². The van der Waals surface area contributed by atoms with Crippen LogP contribution in [0.2, 0.25) is 5.02 Å². The minimum Gasteiger partial charge on any atom is -0.496 e. The normalized spacial score (nSPS) is 10.3. The SMILES string of the molecule is CCOc1cc(CNCc2ccccc2OC)cc(Cl)c1OCc1ccccc1F.Cl. The fourth-order valence-corrected chi connectivity index (χ4v) is 3.37. The van der Waals surface area contributed by atoms with Crippen LogP contribution in [0.1, 0.15) is 23.6 Å². The van der Waals surface area contributed by atoms with Crippen molar-refractivity contribution in [2.45, 2.75) is 26.6 Å². The number of nitrogens with one attached hydrogen (secondary N) is 1. The molecule has 3 rings (SSSR count). The zero-order chi connectivity index (χ0) is 21.3. The lowest BCUT2D eigenvalue weighted by Gasteiger charge is -2.16. The van der Waals surface area contributed by atoms with Gasteiger partial charge < -0.3 is 19.5 Å². The highest BCUT2D eigenvalue weighted by atomic mass is 35.5. The minimum absolute atomic E-state index is 0. The Morgan fingerprint density at radius 1 is 0.903 bits per heavy atom. The average Bonchev–Trinajstić information content (AvgIpc) is 2.75. The van der Waals surface area contributed by atoms with Crippen molar-refractivity contribution in [1.29, 1.82) is 0 Å². The Morgan fingerprint density at radius 2 is 1.61 bits per heavy atom. The van der Waals surface area contributed by atoms with Gasteiger partial charge in [0.25, 0.3) is 0 Å². The monoisotopic (exact) mass is 465 g/mol. The van der Waals surface area contributed by atoms with Crippen molar-refractivity contribution in [1.82, 2.24) is 5.32 Å². The number of para-hydroxylation sites is 1. The predicted molar refractivity (Wildman–Crippen MR) is 124 cm³/mol. The standard InChI is InChI=1S/C24H25ClFNO3.ClH/c1-3-29-23-13-17(14-27-15-18-8-5-7-11-22(18)28-2)12-20(25)24(23)30-16-19-9-4-6-10-21(19)26;/h4-13,27H,3,14-16H2,1-2H3;1H. The molecule has 0 radical (unpaired) electrons. The lowest BCUT2D eigenvalue weighted by Crippen LogP contribution is -2.13. The van der Waals surface area contributed by atoms with Gasteiger partial charge in [0.1, 0.15) is 18.2 Å². The van der Waals surface area contributed by atoms with E-state index in [2.05, 4.69) is 5.32 Å². The van der Waals surface area contributed by atoms with Gasteiger partial charge in [0, 0.05) is 24.2 Å². The maximum Gasteiger partial charge on any atom is 0.180 e. The summed E-state index contributed by atoms with van der Waals surface area (Å²) >= 11 is 6.47. The first kappa shape index (κ1) is 24.8. The molecule has 1 N–H and O–H groups in total. The third-order valence-corrected chi connectivity index (χ3v) is 4.82. The number of hydrogen-bond acceptors (Lipinski definition) is 4. The van der Waals surface area contributed by atoms with E-state index < -0.39 is 0 Å². The van der Waals surface area contributed by atoms with Gasteiger partial charge in [-0.05, 0) is 36.8 Å². The second kappa shape index (κ2) is 12.4. The topological polar surface area (TPSA) is 39.7 Å². The van der Waals surface area contributed by atoms with Crippen LogP contribution in [0.4, 0.5) is 4.39 Å². The summed E-state index contributed by atoms with van der Waals surface area (Å²) in [5, 5.41) is 3.81. The summed E-state index contributed by atoms with van der Waals surface area (Å²) in [4.78, 5) is 0. The summed E-state index contributed by atoms with van der Waals surface area (Å²) in [6.07, 6.45) is 0. The van der Waals surface area contributed by atoms with Crippen molar-refractivity contribution < 1.29 is 18.6 Å². The number of ether oxygens (including phenoxy) is 3. The number of hydrogen-bond donors (Lipinski definition) is 1. The van der Waals surface area contributed by atoms with Crippen LogP contribution >= 0.6 is 24.0 Å². The second-order valence-electron chi connectivity index (χ2n) is 6.63. The van der Waals surface area contributed by atoms with Gasteiger partial charge in [-0.2, -0.15) is 0 Å². The Bertz CT molecular complexity index is 985. The molecule has 0 saturated carbocycles. The summed E-state index contributed by atoms with van der Waals surface area (Å²) in [7, 11) is 1.66. The van der Waals surface area contributed by atoms with E-state index in [0.29, 0.717) is 41.8 Å². The van der Waals surface area contributed by atoms with Crippen molar-refractivity contribution >= 4 is 24.0 Å². The summed E-state index contributed by atoms with van der Waals surface area (Å²) in [6.45, 7) is 3.66.